The van der Waals surface area contributed by atoms with E-state index in [1.54, 1.807) is 17.0 Å². The van der Waals surface area contributed by atoms with Crippen LogP contribution in [-0.2, 0) is 32.4 Å². The van der Waals surface area contributed by atoms with Gasteiger partial charge in [0.25, 0.3) is 0 Å². The Hall–Kier alpha value is -2.13. The summed E-state index contributed by atoms with van der Waals surface area (Å²) in [5, 5.41) is 0. The number of anilines is 1. The van der Waals surface area contributed by atoms with Gasteiger partial charge in [-0.15, -0.1) is 0 Å². The molecule has 3 aliphatic heterocycles. The number of carbonyl (C=O) groups excluding carboxylic acids is 2. The maximum atomic E-state index is 13.1. The number of hydrogen-bond acceptors (Lipinski definition) is 5. The van der Waals surface area contributed by atoms with Crippen LogP contribution in [0.15, 0.2) is 17.0 Å². The summed E-state index contributed by atoms with van der Waals surface area (Å²) in [5.74, 6) is 0.116. The molecule has 0 atom stereocenters. The Labute approximate surface area is 152 Å². The minimum absolute atomic E-state index is 0.116. The van der Waals surface area contributed by atoms with Crippen molar-refractivity contribution in [3.05, 3.63) is 23.3 Å². The number of amides is 2. The Morgan fingerprint density at radius 3 is 2.31 bits per heavy atom. The van der Waals surface area contributed by atoms with Gasteiger partial charge in [0, 0.05) is 39.1 Å². The second-order valence-electron chi connectivity index (χ2n) is 6.75. The predicted octanol–water partition coefficient (Wildman–Crippen LogP) is 0.595. The first-order chi connectivity index (χ1) is 12.4. The summed E-state index contributed by atoms with van der Waals surface area (Å²) in [5.41, 5.74) is 2.78. The van der Waals surface area contributed by atoms with Crippen LogP contribution >= 0.6 is 0 Å². The van der Waals surface area contributed by atoms with Gasteiger partial charge in [0.2, 0.25) is 15.9 Å². The highest BCUT2D eigenvalue weighted by Gasteiger charge is 2.35. The van der Waals surface area contributed by atoms with E-state index in [1.165, 1.54) is 16.3 Å². The van der Waals surface area contributed by atoms with Crippen molar-refractivity contribution in [2.75, 3.05) is 44.7 Å². The molecule has 0 saturated carbocycles. The van der Waals surface area contributed by atoms with Crippen molar-refractivity contribution in [3.63, 3.8) is 0 Å². The van der Waals surface area contributed by atoms with Crippen molar-refractivity contribution in [1.82, 2.24) is 9.21 Å². The standard InChI is InChI=1S/C17H21N3O5S/c1-25-17(22)18-6-8-19(9-7-18)26(23,24)14-10-12-2-3-15(21)20-5-4-13(11-14)16(12)20/h10-11H,2-9H2,1H3. The zero-order valence-corrected chi connectivity index (χ0v) is 15.4. The number of rotatable bonds is 2. The molecule has 0 spiro atoms. The van der Waals surface area contributed by atoms with E-state index in [4.69, 9.17) is 0 Å². The van der Waals surface area contributed by atoms with Crippen molar-refractivity contribution in [1.29, 1.82) is 0 Å². The number of sulfonamides is 1. The number of aryl methyl sites for hydroxylation is 1. The topological polar surface area (TPSA) is 87.2 Å². The minimum Gasteiger partial charge on any atom is -0.453 e. The maximum absolute atomic E-state index is 13.1. The third-order valence-electron chi connectivity index (χ3n) is 5.33. The molecular weight excluding hydrogens is 358 g/mol. The zero-order chi connectivity index (χ0) is 18.5. The molecule has 140 valence electrons. The first-order valence-electron chi connectivity index (χ1n) is 8.71. The van der Waals surface area contributed by atoms with Crippen LogP contribution in [0.4, 0.5) is 10.5 Å². The SMILES string of the molecule is COC(=O)N1CCN(S(=O)(=O)c2cc3c4c(c2)CCN4C(=O)CC3)CC1. The van der Waals surface area contributed by atoms with Crippen LogP contribution in [0.5, 0.6) is 0 Å². The van der Waals surface area contributed by atoms with Gasteiger partial charge in [-0.1, -0.05) is 0 Å². The van der Waals surface area contributed by atoms with Crippen molar-refractivity contribution in [2.24, 2.45) is 0 Å². The lowest BCUT2D eigenvalue weighted by molar-refractivity contribution is -0.118. The Morgan fingerprint density at radius 2 is 1.65 bits per heavy atom. The lowest BCUT2D eigenvalue weighted by Crippen LogP contribution is -2.50. The molecule has 3 aliphatic rings. The first kappa shape index (κ1) is 17.3. The number of carbonyl (C=O) groups is 2. The molecule has 1 aromatic carbocycles. The third kappa shape index (κ3) is 2.66. The molecule has 0 aromatic heterocycles. The van der Waals surface area contributed by atoms with Crippen LogP contribution in [0.2, 0.25) is 0 Å². The molecule has 9 heteroatoms. The van der Waals surface area contributed by atoms with Gasteiger partial charge in [-0.05, 0) is 36.1 Å². The van der Waals surface area contributed by atoms with E-state index in [-0.39, 0.29) is 23.9 Å². The van der Waals surface area contributed by atoms with Crippen LogP contribution < -0.4 is 4.90 Å². The molecular formula is C17H21N3O5S. The first-order valence-corrected chi connectivity index (χ1v) is 10.1. The van der Waals surface area contributed by atoms with Gasteiger partial charge >= 0.3 is 6.09 Å². The summed E-state index contributed by atoms with van der Waals surface area (Å²) in [6.45, 7) is 1.74. The fourth-order valence-electron chi connectivity index (χ4n) is 3.96. The molecule has 1 aromatic rings. The Bertz CT molecular complexity index is 875. The number of nitrogens with zero attached hydrogens (tertiary/aromatic N) is 3. The van der Waals surface area contributed by atoms with Crippen molar-refractivity contribution >= 4 is 27.7 Å². The lowest BCUT2D eigenvalue weighted by atomic mass is 10.00. The van der Waals surface area contributed by atoms with Crippen LogP contribution in [-0.4, -0.2) is 69.5 Å². The normalized spacial score (nSPS) is 20.3. The van der Waals surface area contributed by atoms with Crippen molar-refractivity contribution in [3.8, 4) is 0 Å². The van der Waals surface area contributed by atoms with E-state index in [0.717, 1.165) is 16.8 Å². The summed E-state index contributed by atoms with van der Waals surface area (Å²) in [6, 6.07) is 3.42. The zero-order valence-electron chi connectivity index (χ0n) is 14.6. The summed E-state index contributed by atoms with van der Waals surface area (Å²) in [4.78, 5) is 27.2. The maximum Gasteiger partial charge on any atom is 0.409 e. The predicted molar refractivity (Wildman–Crippen MR) is 93.6 cm³/mol. The monoisotopic (exact) mass is 379 g/mol. The van der Waals surface area contributed by atoms with Gasteiger partial charge in [-0.25, -0.2) is 13.2 Å². The number of hydrogen-bond donors (Lipinski definition) is 0. The molecule has 0 radical (unpaired) electrons. The van der Waals surface area contributed by atoms with Crippen LogP contribution in [0.3, 0.4) is 0 Å². The smallest absolute Gasteiger partial charge is 0.409 e. The quantitative estimate of drug-likeness (QED) is 0.751. The van der Waals surface area contributed by atoms with Gasteiger partial charge in [0.15, 0.2) is 0 Å². The van der Waals surface area contributed by atoms with E-state index in [0.29, 0.717) is 38.9 Å². The second-order valence-corrected chi connectivity index (χ2v) is 8.68. The van der Waals surface area contributed by atoms with Gasteiger partial charge in [0.1, 0.15) is 0 Å². The number of benzene rings is 1. The average Bonchev–Trinajstić information content (AvgIpc) is 3.09. The highest BCUT2D eigenvalue weighted by atomic mass is 32.2. The molecule has 8 nitrogen and oxygen atoms in total. The van der Waals surface area contributed by atoms with Crippen LogP contribution in [0.25, 0.3) is 0 Å². The van der Waals surface area contributed by atoms with Crippen LogP contribution in [0.1, 0.15) is 17.5 Å². The molecule has 0 unspecified atom stereocenters. The van der Waals surface area contributed by atoms with Crippen molar-refractivity contribution < 1.29 is 22.7 Å². The molecule has 1 fully saturated rings. The third-order valence-corrected chi connectivity index (χ3v) is 7.21. The largest absolute Gasteiger partial charge is 0.453 e. The fraction of sp³-hybridized carbons (Fsp3) is 0.529. The minimum atomic E-state index is -3.63. The van der Waals surface area contributed by atoms with Crippen molar-refractivity contribution in [2.45, 2.75) is 24.2 Å². The number of ether oxygens (including phenoxy) is 1. The molecule has 26 heavy (non-hydrogen) atoms. The summed E-state index contributed by atoms with van der Waals surface area (Å²) in [6.07, 6.45) is 1.26. The van der Waals surface area contributed by atoms with Gasteiger partial charge < -0.3 is 14.5 Å². The molecule has 4 rings (SSSR count). The van der Waals surface area contributed by atoms with E-state index < -0.39 is 16.1 Å². The van der Waals surface area contributed by atoms with Crippen LogP contribution in [0, 0.1) is 0 Å². The van der Waals surface area contributed by atoms with E-state index in [2.05, 4.69) is 4.74 Å². The number of piperazine rings is 1. The molecule has 2 amide bonds. The molecule has 0 bridgehead atoms. The van der Waals surface area contributed by atoms with E-state index in [9.17, 15) is 18.0 Å². The number of methoxy groups -OCH3 is 1. The summed E-state index contributed by atoms with van der Waals surface area (Å²) >= 11 is 0. The molecule has 1 saturated heterocycles. The average molecular weight is 379 g/mol. The van der Waals surface area contributed by atoms with E-state index in [1.807, 2.05) is 0 Å². The molecule has 0 N–H and O–H groups in total. The van der Waals surface area contributed by atoms with Gasteiger partial charge in [-0.3, -0.25) is 4.79 Å². The Morgan fingerprint density at radius 1 is 1.00 bits per heavy atom. The van der Waals surface area contributed by atoms with E-state index >= 15 is 0 Å². The Balaban J connectivity index is 1.60. The summed E-state index contributed by atoms with van der Waals surface area (Å²) < 4.78 is 32.3. The summed E-state index contributed by atoms with van der Waals surface area (Å²) in [7, 11) is -2.31. The molecule has 3 heterocycles. The van der Waals surface area contributed by atoms with Gasteiger partial charge in [0.05, 0.1) is 17.7 Å². The fourth-order valence-corrected chi connectivity index (χ4v) is 5.49. The highest BCUT2D eigenvalue weighted by molar-refractivity contribution is 7.89. The Kier molecular flexibility index (Phi) is 4.15. The lowest BCUT2D eigenvalue weighted by Gasteiger charge is -2.33. The van der Waals surface area contributed by atoms with Gasteiger partial charge in [-0.2, -0.15) is 4.31 Å². The highest BCUT2D eigenvalue weighted by Crippen LogP contribution is 2.38. The second kappa shape index (κ2) is 6.24. The molecule has 0 aliphatic carbocycles.